The fourth-order valence-corrected chi connectivity index (χ4v) is 5.48. The first-order valence-electron chi connectivity index (χ1n) is 13.4. The molecule has 1 unspecified atom stereocenters. The van der Waals surface area contributed by atoms with Crippen LogP contribution in [0.3, 0.4) is 0 Å². The highest BCUT2D eigenvalue weighted by Crippen LogP contribution is 2.39. The van der Waals surface area contributed by atoms with E-state index in [4.69, 9.17) is 21.3 Å². The number of carbonyl (C=O) groups excluding carboxylic acids is 3. The topological polar surface area (TPSA) is 85.4 Å². The summed E-state index contributed by atoms with van der Waals surface area (Å²) in [7, 11) is 0. The lowest BCUT2D eigenvalue weighted by Crippen LogP contribution is -2.29. The molecule has 0 aliphatic heterocycles. The van der Waals surface area contributed by atoms with Crippen LogP contribution in [0.2, 0.25) is 5.02 Å². The van der Waals surface area contributed by atoms with Gasteiger partial charge in [-0.1, -0.05) is 80.9 Å². The predicted molar refractivity (Wildman–Crippen MR) is 157 cm³/mol. The second-order valence-corrected chi connectivity index (χ2v) is 11.7. The number of halogens is 1. The van der Waals surface area contributed by atoms with Crippen molar-refractivity contribution in [1.29, 1.82) is 0 Å². The lowest BCUT2D eigenvalue weighted by atomic mass is 9.70. The first-order valence-corrected chi connectivity index (χ1v) is 13.8. The van der Waals surface area contributed by atoms with Crippen LogP contribution in [0.1, 0.15) is 64.7 Å². The highest BCUT2D eigenvalue weighted by atomic mass is 35.5. The Morgan fingerprint density at radius 2 is 1.73 bits per heavy atom. The molecule has 1 N–H and O–H groups in total. The summed E-state index contributed by atoms with van der Waals surface area (Å²) in [5, 5.41) is 3.80. The molecule has 4 aromatic rings. The maximum atomic E-state index is 13.5. The maximum Gasteiger partial charge on any atom is 0.339 e. The number of anilines is 1. The van der Waals surface area contributed by atoms with Crippen molar-refractivity contribution in [3.8, 4) is 0 Å². The Bertz CT molecular complexity index is 1610. The number of pyridine rings is 1. The number of ketones is 1. The number of ether oxygens (including phenoxy) is 1. The summed E-state index contributed by atoms with van der Waals surface area (Å²) in [6.45, 7) is 6.14. The minimum absolute atomic E-state index is 0.0812. The first-order chi connectivity index (χ1) is 19.1. The molecule has 0 saturated carbocycles. The van der Waals surface area contributed by atoms with Gasteiger partial charge in [-0.15, -0.1) is 0 Å². The molecule has 1 amide bonds. The van der Waals surface area contributed by atoms with E-state index >= 15 is 0 Å². The van der Waals surface area contributed by atoms with Gasteiger partial charge in [0.1, 0.15) is 0 Å². The molecule has 0 spiro atoms. The fraction of sp³-hybridized carbons (Fsp3) is 0.273. The third kappa shape index (κ3) is 5.77. The molecule has 5 rings (SSSR count). The Hall–Kier alpha value is -4.03. The number of para-hydroxylation sites is 1. The van der Waals surface area contributed by atoms with Crippen LogP contribution in [0.5, 0.6) is 0 Å². The summed E-state index contributed by atoms with van der Waals surface area (Å²) in [5.74, 6) is -1.00. The molecular formula is C33H31ClN2O4. The van der Waals surface area contributed by atoms with Crippen molar-refractivity contribution in [2.45, 2.75) is 40.0 Å². The zero-order valence-electron chi connectivity index (χ0n) is 22.8. The highest BCUT2D eigenvalue weighted by Gasteiger charge is 2.33. The largest absolute Gasteiger partial charge is 0.452 e. The number of esters is 1. The Labute approximate surface area is 238 Å². The molecular weight excluding hydrogens is 524 g/mol. The van der Waals surface area contributed by atoms with Gasteiger partial charge in [-0.05, 0) is 60.4 Å². The van der Waals surface area contributed by atoms with Gasteiger partial charge in [0, 0.05) is 27.2 Å². The first kappa shape index (κ1) is 27.5. The van der Waals surface area contributed by atoms with Gasteiger partial charge >= 0.3 is 5.97 Å². The number of amides is 1. The lowest BCUT2D eigenvalue weighted by molar-refractivity contribution is -0.119. The number of fused-ring (bicyclic) bond motifs is 2. The van der Waals surface area contributed by atoms with Crippen LogP contribution in [-0.2, 0) is 22.4 Å². The maximum absolute atomic E-state index is 13.5. The number of aryl methyl sites for hydroxylation is 1. The highest BCUT2D eigenvalue weighted by molar-refractivity contribution is 6.31. The zero-order chi connectivity index (χ0) is 28.4. The van der Waals surface area contributed by atoms with Crippen molar-refractivity contribution in [2.75, 3.05) is 11.9 Å². The van der Waals surface area contributed by atoms with E-state index in [9.17, 15) is 14.4 Å². The van der Waals surface area contributed by atoms with Crippen LogP contribution < -0.4 is 5.32 Å². The number of rotatable bonds is 6. The van der Waals surface area contributed by atoms with Crippen LogP contribution >= 0.6 is 11.6 Å². The van der Waals surface area contributed by atoms with E-state index in [1.807, 2.05) is 30.3 Å². The molecule has 1 heterocycles. The quantitative estimate of drug-likeness (QED) is 0.203. The number of hydrogen-bond donors (Lipinski definition) is 1. The van der Waals surface area contributed by atoms with E-state index in [1.54, 1.807) is 36.4 Å². The Morgan fingerprint density at radius 1 is 1.00 bits per heavy atom. The molecule has 7 heteroatoms. The summed E-state index contributed by atoms with van der Waals surface area (Å²) >= 11 is 6.16. The molecule has 1 aromatic heterocycles. The van der Waals surface area contributed by atoms with Gasteiger partial charge in [-0.2, -0.15) is 0 Å². The van der Waals surface area contributed by atoms with E-state index in [-0.39, 0.29) is 16.8 Å². The van der Waals surface area contributed by atoms with Crippen molar-refractivity contribution in [3.05, 3.63) is 106 Å². The number of benzene rings is 3. The SMILES string of the molecule is CC(C)(C)C1CCc2nc3ccccc3c(C(=O)OCC(=O)Nc3ccc(Cl)cc3C(=O)c3ccccc3)c2C1. The van der Waals surface area contributed by atoms with Gasteiger partial charge in [-0.25, -0.2) is 4.79 Å². The van der Waals surface area contributed by atoms with Gasteiger partial charge in [-0.3, -0.25) is 14.6 Å². The second-order valence-electron chi connectivity index (χ2n) is 11.2. The van der Waals surface area contributed by atoms with Crippen LogP contribution in [0.15, 0.2) is 72.8 Å². The molecule has 1 atom stereocenters. The molecule has 1 aliphatic carbocycles. The third-order valence-electron chi connectivity index (χ3n) is 7.56. The smallest absolute Gasteiger partial charge is 0.339 e. The number of aromatic nitrogens is 1. The third-order valence-corrected chi connectivity index (χ3v) is 7.79. The minimum Gasteiger partial charge on any atom is -0.452 e. The van der Waals surface area contributed by atoms with E-state index < -0.39 is 18.5 Å². The van der Waals surface area contributed by atoms with Crippen molar-refractivity contribution < 1.29 is 19.1 Å². The van der Waals surface area contributed by atoms with Crippen LogP contribution in [0.25, 0.3) is 10.9 Å². The molecule has 0 fully saturated rings. The molecule has 3 aromatic carbocycles. The predicted octanol–water partition coefficient (Wildman–Crippen LogP) is 7.07. The number of nitrogens with one attached hydrogen (secondary N) is 1. The summed E-state index contributed by atoms with van der Waals surface area (Å²) in [6.07, 6.45) is 2.52. The monoisotopic (exact) mass is 554 g/mol. The molecule has 1 aliphatic rings. The van der Waals surface area contributed by atoms with E-state index in [1.165, 1.54) is 6.07 Å². The summed E-state index contributed by atoms with van der Waals surface area (Å²) in [5.41, 5.74) is 4.13. The average molecular weight is 555 g/mol. The Balaban J connectivity index is 1.37. The molecule has 0 radical (unpaired) electrons. The number of nitrogens with zero attached hydrogens (tertiary/aromatic N) is 1. The zero-order valence-corrected chi connectivity index (χ0v) is 23.5. The van der Waals surface area contributed by atoms with Gasteiger partial charge in [0.2, 0.25) is 0 Å². The summed E-state index contributed by atoms with van der Waals surface area (Å²) < 4.78 is 5.58. The molecule has 204 valence electrons. The Kier molecular flexibility index (Phi) is 7.72. The lowest BCUT2D eigenvalue weighted by Gasteiger charge is -2.35. The van der Waals surface area contributed by atoms with Crippen molar-refractivity contribution in [1.82, 2.24) is 4.98 Å². The van der Waals surface area contributed by atoms with Crippen molar-refractivity contribution >= 4 is 45.9 Å². The van der Waals surface area contributed by atoms with E-state index in [2.05, 4.69) is 26.1 Å². The molecule has 0 saturated heterocycles. The standard InChI is InChI=1S/C33H31ClN2O4/c1-33(2,3)21-13-15-27-24(17-21)30(23-11-7-8-12-26(23)35-27)32(39)40-19-29(37)36-28-16-14-22(34)18-25(28)31(38)20-9-5-4-6-10-20/h4-12,14,16,18,21H,13,15,17,19H2,1-3H3,(H,36,37). The fourth-order valence-electron chi connectivity index (χ4n) is 5.31. The van der Waals surface area contributed by atoms with Gasteiger partial charge < -0.3 is 10.1 Å². The Morgan fingerprint density at radius 3 is 2.48 bits per heavy atom. The van der Waals surface area contributed by atoms with Gasteiger partial charge in [0.15, 0.2) is 12.4 Å². The number of carbonyl (C=O) groups is 3. The average Bonchev–Trinajstić information content (AvgIpc) is 2.94. The molecule has 40 heavy (non-hydrogen) atoms. The number of hydrogen-bond acceptors (Lipinski definition) is 5. The van der Waals surface area contributed by atoms with Crippen LogP contribution in [0, 0.1) is 11.3 Å². The van der Waals surface area contributed by atoms with Crippen molar-refractivity contribution in [2.24, 2.45) is 11.3 Å². The minimum atomic E-state index is -0.559. The van der Waals surface area contributed by atoms with Crippen LogP contribution in [0.4, 0.5) is 5.69 Å². The molecule has 6 nitrogen and oxygen atoms in total. The van der Waals surface area contributed by atoms with E-state index in [0.29, 0.717) is 27.8 Å². The summed E-state index contributed by atoms with van der Waals surface area (Å²) in [4.78, 5) is 44.4. The molecule has 0 bridgehead atoms. The van der Waals surface area contributed by atoms with Crippen molar-refractivity contribution in [3.63, 3.8) is 0 Å². The second kappa shape index (κ2) is 11.2. The van der Waals surface area contributed by atoms with E-state index in [0.717, 1.165) is 41.4 Å². The van der Waals surface area contributed by atoms with Gasteiger partial charge in [0.25, 0.3) is 5.91 Å². The van der Waals surface area contributed by atoms with Gasteiger partial charge in [0.05, 0.1) is 16.8 Å². The van der Waals surface area contributed by atoms with Crippen LogP contribution in [-0.4, -0.2) is 29.3 Å². The summed E-state index contributed by atoms with van der Waals surface area (Å²) in [6, 6.07) is 20.9. The normalized spacial score (nSPS) is 14.8.